The first-order valence-corrected chi connectivity index (χ1v) is 5.71. The van der Waals surface area contributed by atoms with Gasteiger partial charge < -0.3 is 10.1 Å². The van der Waals surface area contributed by atoms with Gasteiger partial charge in [-0.25, -0.2) is 0 Å². The molecular weight excluding hydrogens is 196 g/mol. The van der Waals surface area contributed by atoms with Crippen LogP contribution in [0.1, 0.15) is 38.1 Å². The van der Waals surface area contributed by atoms with Crippen LogP contribution >= 0.6 is 11.5 Å². The summed E-state index contributed by atoms with van der Waals surface area (Å²) in [5.41, 5.74) is 0. The van der Waals surface area contributed by atoms with Gasteiger partial charge in [0.2, 0.25) is 5.88 Å². The first-order valence-electron chi connectivity index (χ1n) is 4.94. The lowest BCUT2D eigenvalue weighted by molar-refractivity contribution is 0.401. The summed E-state index contributed by atoms with van der Waals surface area (Å²) in [6.07, 6.45) is 1.14. The van der Waals surface area contributed by atoms with E-state index in [-0.39, 0.29) is 0 Å². The first-order chi connectivity index (χ1) is 6.67. The number of nitrogens with zero attached hydrogens (tertiary/aromatic N) is 1. The highest BCUT2D eigenvalue weighted by Crippen LogP contribution is 2.23. The zero-order chi connectivity index (χ0) is 10.6. The van der Waals surface area contributed by atoms with Crippen molar-refractivity contribution in [2.24, 2.45) is 0 Å². The first kappa shape index (κ1) is 11.5. The molecule has 4 heteroatoms. The Morgan fingerprint density at radius 2 is 2.29 bits per heavy atom. The number of hydrogen-bond donors (Lipinski definition) is 1. The van der Waals surface area contributed by atoms with E-state index in [2.05, 4.69) is 30.5 Å². The second kappa shape index (κ2) is 5.32. The smallest absolute Gasteiger partial charge is 0.225 e. The van der Waals surface area contributed by atoms with E-state index in [0.29, 0.717) is 18.0 Å². The Kier molecular flexibility index (Phi) is 4.35. The van der Waals surface area contributed by atoms with Crippen molar-refractivity contribution >= 4 is 11.5 Å². The maximum atomic E-state index is 5.05. The van der Waals surface area contributed by atoms with E-state index in [1.807, 2.05) is 6.07 Å². The van der Waals surface area contributed by atoms with Gasteiger partial charge >= 0.3 is 0 Å². The van der Waals surface area contributed by atoms with E-state index in [1.165, 1.54) is 16.4 Å². The Balaban J connectivity index is 2.55. The van der Waals surface area contributed by atoms with E-state index in [9.17, 15) is 0 Å². The van der Waals surface area contributed by atoms with Crippen LogP contribution in [0, 0.1) is 0 Å². The molecule has 2 unspecified atom stereocenters. The lowest BCUT2D eigenvalue weighted by atomic mass is 10.2. The largest absolute Gasteiger partial charge is 0.480 e. The molecular formula is C10H18N2OS. The summed E-state index contributed by atoms with van der Waals surface area (Å²) in [7, 11) is 1.64. The van der Waals surface area contributed by atoms with Crippen LogP contribution in [-0.2, 0) is 0 Å². The van der Waals surface area contributed by atoms with Crippen LogP contribution in [0.15, 0.2) is 6.07 Å². The third kappa shape index (κ3) is 2.96. The molecule has 2 atom stereocenters. The molecule has 0 aliphatic heterocycles. The predicted octanol–water partition coefficient (Wildman–Crippen LogP) is 2.60. The normalized spacial score (nSPS) is 15.1. The molecule has 1 aromatic rings. The van der Waals surface area contributed by atoms with Gasteiger partial charge in [0.15, 0.2) is 0 Å². The second-order valence-corrected chi connectivity index (χ2v) is 4.31. The topological polar surface area (TPSA) is 34.1 Å². The molecule has 1 aromatic heterocycles. The summed E-state index contributed by atoms with van der Waals surface area (Å²) in [5.74, 6) is 0.711. The number of aromatic nitrogens is 1. The second-order valence-electron chi connectivity index (χ2n) is 3.47. The maximum absolute atomic E-state index is 5.05. The summed E-state index contributed by atoms with van der Waals surface area (Å²) in [4.78, 5) is 1.22. The van der Waals surface area contributed by atoms with Crippen molar-refractivity contribution in [2.75, 3.05) is 7.11 Å². The van der Waals surface area contributed by atoms with E-state index in [0.717, 1.165) is 6.42 Å². The number of nitrogens with one attached hydrogen (secondary N) is 1. The Bertz CT molecular complexity index is 275. The average Bonchev–Trinajstić information content (AvgIpc) is 2.65. The number of rotatable bonds is 5. The van der Waals surface area contributed by atoms with Crippen molar-refractivity contribution in [2.45, 2.75) is 39.3 Å². The average molecular weight is 214 g/mol. The van der Waals surface area contributed by atoms with Crippen molar-refractivity contribution in [3.05, 3.63) is 10.9 Å². The molecule has 0 spiro atoms. The zero-order valence-electron chi connectivity index (χ0n) is 9.20. The molecule has 0 aliphatic carbocycles. The molecule has 0 amide bonds. The highest BCUT2D eigenvalue weighted by atomic mass is 32.1. The van der Waals surface area contributed by atoms with Gasteiger partial charge in [0.25, 0.3) is 0 Å². The van der Waals surface area contributed by atoms with Crippen LogP contribution in [0.25, 0.3) is 0 Å². The minimum atomic E-state index is 0.353. The van der Waals surface area contributed by atoms with Crippen molar-refractivity contribution < 1.29 is 4.74 Å². The number of methoxy groups -OCH3 is 1. The predicted molar refractivity (Wildman–Crippen MR) is 60.0 cm³/mol. The molecule has 0 saturated heterocycles. The van der Waals surface area contributed by atoms with Gasteiger partial charge in [0.1, 0.15) is 0 Å². The lowest BCUT2D eigenvalue weighted by Gasteiger charge is -2.16. The Labute approximate surface area is 89.7 Å². The van der Waals surface area contributed by atoms with E-state index in [1.54, 1.807) is 7.11 Å². The highest BCUT2D eigenvalue weighted by molar-refractivity contribution is 7.06. The molecule has 14 heavy (non-hydrogen) atoms. The molecule has 3 nitrogen and oxygen atoms in total. The SMILES string of the molecule is CCC(C)NC(C)c1cc(OC)ns1. The monoisotopic (exact) mass is 214 g/mol. The fourth-order valence-corrected chi connectivity index (χ4v) is 1.90. The van der Waals surface area contributed by atoms with Crippen LogP contribution < -0.4 is 10.1 Å². The fraction of sp³-hybridized carbons (Fsp3) is 0.700. The molecule has 1 N–H and O–H groups in total. The van der Waals surface area contributed by atoms with Gasteiger partial charge in [-0.3, -0.25) is 0 Å². The highest BCUT2D eigenvalue weighted by Gasteiger charge is 2.11. The van der Waals surface area contributed by atoms with Gasteiger partial charge in [0.05, 0.1) is 7.11 Å². The molecule has 0 aromatic carbocycles. The van der Waals surface area contributed by atoms with Gasteiger partial charge in [0, 0.05) is 23.0 Å². The van der Waals surface area contributed by atoms with E-state index in [4.69, 9.17) is 4.74 Å². The zero-order valence-corrected chi connectivity index (χ0v) is 10.0. The minimum absolute atomic E-state index is 0.353. The van der Waals surface area contributed by atoms with Gasteiger partial charge in [-0.15, -0.1) is 0 Å². The summed E-state index contributed by atoms with van der Waals surface area (Å²) in [6.45, 7) is 6.52. The van der Waals surface area contributed by atoms with Gasteiger partial charge in [-0.2, -0.15) is 4.37 Å². The molecule has 80 valence electrons. The third-order valence-corrected chi connectivity index (χ3v) is 3.24. The molecule has 0 radical (unpaired) electrons. The van der Waals surface area contributed by atoms with Crippen molar-refractivity contribution in [3.8, 4) is 5.88 Å². The molecule has 0 saturated carbocycles. The van der Waals surface area contributed by atoms with Gasteiger partial charge in [-0.05, 0) is 31.8 Å². The molecule has 1 heterocycles. The standard InChI is InChI=1S/C10H18N2OS/c1-5-7(2)11-8(3)9-6-10(13-4)12-14-9/h6-8,11H,5H2,1-4H3. The minimum Gasteiger partial charge on any atom is -0.480 e. The molecule has 1 rings (SSSR count). The maximum Gasteiger partial charge on any atom is 0.225 e. The van der Waals surface area contributed by atoms with Crippen LogP contribution in [0.3, 0.4) is 0 Å². The van der Waals surface area contributed by atoms with Crippen LogP contribution in [0.4, 0.5) is 0 Å². The van der Waals surface area contributed by atoms with Gasteiger partial charge in [-0.1, -0.05) is 6.92 Å². The van der Waals surface area contributed by atoms with Crippen molar-refractivity contribution in [3.63, 3.8) is 0 Å². The molecule has 0 bridgehead atoms. The Morgan fingerprint density at radius 1 is 1.57 bits per heavy atom. The van der Waals surface area contributed by atoms with E-state index < -0.39 is 0 Å². The number of ether oxygens (including phenoxy) is 1. The summed E-state index contributed by atoms with van der Waals surface area (Å²) in [5, 5.41) is 3.50. The summed E-state index contributed by atoms with van der Waals surface area (Å²) in [6, 6.07) is 2.88. The number of hydrogen-bond acceptors (Lipinski definition) is 4. The summed E-state index contributed by atoms with van der Waals surface area (Å²) >= 11 is 1.50. The molecule has 0 aliphatic rings. The molecule has 0 fully saturated rings. The Morgan fingerprint density at radius 3 is 2.79 bits per heavy atom. The summed E-state index contributed by atoms with van der Waals surface area (Å²) < 4.78 is 9.22. The van der Waals surface area contributed by atoms with Crippen LogP contribution in [0.5, 0.6) is 5.88 Å². The van der Waals surface area contributed by atoms with Crippen LogP contribution in [0.2, 0.25) is 0 Å². The van der Waals surface area contributed by atoms with Crippen molar-refractivity contribution in [1.29, 1.82) is 0 Å². The quantitative estimate of drug-likeness (QED) is 0.818. The third-order valence-electron chi connectivity index (χ3n) is 2.29. The Hall–Kier alpha value is -0.610. The van der Waals surface area contributed by atoms with Crippen LogP contribution in [-0.4, -0.2) is 17.5 Å². The fourth-order valence-electron chi connectivity index (χ4n) is 1.20. The van der Waals surface area contributed by atoms with E-state index >= 15 is 0 Å². The van der Waals surface area contributed by atoms with Crippen molar-refractivity contribution in [1.82, 2.24) is 9.69 Å². The lowest BCUT2D eigenvalue weighted by Crippen LogP contribution is -2.27.